The van der Waals surface area contributed by atoms with Gasteiger partial charge in [0.15, 0.2) is 0 Å². The third-order valence-electron chi connectivity index (χ3n) is 5.22. The van der Waals surface area contributed by atoms with Crippen molar-refractivity contribution in [1.82, 2.24) is 5.32 Å². The Morgan fingerprint density at radius 1 is 1.14 bits per heavy atom. The predicted molar refractivity (Wildman–Crippen MR) is 87.9 cm³/mol. The molecule has 0 aromatic heterocycles. The summed E-state index contributed by atoms with van der Waals surface area (Å²) < 4.78 is 0. The van der Waals surface area contributed by atoms with Crippen LogP contribution in [-0.4, -0.2) is 18.0 Å². The number of nitrogens with one attached hydrogen (secondary N) is 1. The Morgan fingerprint density at radius 3 is 2.33 bits per heavy atom. The van der Waals surface area contributed by atoms with Crippen molar-refractivity contribution in [1.29, 1.82) is 0 Å². The van der Waals surface area contributed by atoms with Gasteiger partial charge in [-0.25, -0.2) is 0 Å². The Kier molecular flexibility index (Phi) is 5.02. The van der Waals surface area contributed by atoms with Gasteiger partial charge >= 0.3 is 0 Å². The van der Waals surface area contributed by atoms with E-state index in [4.69, 9.17) is 5.73 Å². The van der Waals surface area contributed by atoms with Crippen molar-refractivity contribution in [2.24, 2.45) is 22.5 Å². The lowest BCUT2D eigenvalue weighted by Crippen LogP contribution is -2.46. The molecule has 0 radical (unpaired) electrons. The molecule has 0 aromatic carbocycles. The summed E-state index contributed by atoms with van der Waals surface area (Å²) in [5.41, 5.74) is 6.68. The van der Waals surface area contributed by atoms with E-state index in [1.807, 2.05) is 0 Å². The second kappa shape index (κ2) is 6.28. The van der Waals surface area contributed by atoms with E-state index in [1.165, 1.54) is 19.3 Å². The minimum Gasteiger partial charge on any atom is -0.353 e. The number of hydrogen-bond acceptors (Lipinski definition) is 2. The molecule has 2 saturated carbocycles. The van der Waals surface area contributed by atoms with E-state index in [1.54, 1.807) is 0 Å². The second-order valence-corrected chi connectivity index (χ2v) is 9.17. The molecule has 0 saturated heterocycles. The number of nitrogens with two attached hydrogens (primary N) is 1. The Morgan fingerprint density at radius 2 is 1.76 bits per heavy atom. The third-order valence-corrected chi connectivity index (χ3v) is 5.22. The van der Waals surface area contributed by atoms with Crippen LogP contribution in [0.3, 0.4) is 0 Å². The van der Waals surface area contributed by atoms with Crippen LogP contribution in [0.5, 0.6) is 0 Å². The molecule has 0 heterocycles. The van der Waals surface area contributed by atoms with Gasteiger partial charge in [-0.2, -0.15) is 0 Å². The number of carbonyl (C=O) groups excluding carboxylic acids is 1. The fourth-order valence-electron chi connectivity index (χ4n) is 5.01. The summed E-state index contributed by atoms with van der Waals surface area (Å²) in [4.78, 5) is 12.4. The quantitative estimate of drug-likeness (QED) is 0.835. The van der Waals surface area contributed by atoms with Gasteiger partial charge in [0.1, 0.15) is 0 Å². The first-order valence-corrected chi connectivity index (χ1v) is 8.70. The lowest BCUT2D eigenvalue weighted by atomic mass is 9.63. The van der Waals surface area contributed by atoms with Crippen LogP contribution in [0, 0.1) is 16.7 Å². The van der Waals surface area contributed by atoms with Crippen molar-refractivity contribution in [3.05, 3.63) is 0 Å². The molecular formula is C18H34N2O. The van der Waals surface area contributed by atoms with Crippen LogP contribution in [0.4, 0.5) is 0 Å². The van der Waals surface area contributed by atoms with Crippen LogP contribution >= 0.6 is 0 Å². The second-order valence-electron chi connectivity index (χ2n) is 9.17. The number of rotatable bonds is 3. The highest BCUT2D eigenvalue weighted by Crippen LogP contribution is 2.45. The van der Waals surface area contributed by atoms with Crippen LogP contribution in [0.2, 0.25) is 0 Å². The van der Waals surface area contributed by atoms with Crippen LogP contribution < -0.4 is 11.1 Å². The van der Waals surface area contributed by atoms with Gasteiger partial charge < -0.3 is 11.1 Å². The summed E-state index contributed by atoms with van der Waals surface area (Å²) in [5, 5.41) is 3.31. The SMILES string of the molecule is CC1(C)CC(NC(=O)CC2CCCC(N)C2)CC(C)(C)C1. The summed E-state index contributed by atoms with van der Waals surface area (Å²) in [6, 6.07) is 0.651. The highest BCUT2D eigenvalue weighted by Gasteiger charge is 2.39. The lowest BCUT2D eigenvalue weighted by Gasteiger charge is -2.45. The topological polar surface area (TPSA) is 55.1 Å². The molecule has 3 nitrogen and oxygen atoms in total. The monoisotopic (exact) mass is 294 g/mol. The molecule has 2 rings (SSSR count). The first kappa shape index (κ1) is 16.8. The minimum absolute atomic E-state index is 0.243. The molecule has 1 amide bonds. The molecule has 21 heavy (non-hydrogen) atoms. The zero-order valence-corrected chi connectivity index (χ0v) is 14.4. The molecule has 2 unspecified atom stereocenters. The Balaban J connectivity index is 1.84. The van der Waals surface area contributed by atoms with Gasteiger partial charge in [0.25, 0.3) is 0 Å². The van der Waals surface area contributed by atoms with Gasteiger partial charge in [-0.05, 0) is 55.3 Å². The minimum atomic E-state index is 0.243. The summed E-state index contributed by atoms with van der Waals surface area (Å²) >= 11 is 0. The van der Waals surface area contributed by atoms with Gasteiger partial charge in [0, 0.05) is 18.5 Å². The Labute approximate surface area is 130 Å². The van der Waals surface area contributed by atoms with Crippen molar-refractivity contribution < 1.29 is 4.79 Å². The molecule has 0 aromatic rings. The normalized spacial score (nSPS) is 32.6. The first-order valence-electron chi connectivity index (χ1n) is 8.70. The summed E-state index contributed by atoms with van der Waals surface area (Å²) in [6.07, 6.45) is 8.62. The molecule has 0 aliphatic heterocycles. The first-order chi connectivity index (χ1) is 9.65. The molecule has 3 N–H and O–H groups in total. The number of carbonyl (C=O) groups is 1. The van der Waals surface area contributed by atoms with Crippen LogP contribution in [0.15, 0.2) is 0 Å². The van der Waals surface area contributed by atoms with E-state index in [-0.39, 0.29) is 5.91 Å². The van der Waals surface area contributed by atoms with E-state index in [0.717, 1.165) is 25.7 Å². The molecule has 2 atom stereocenters. The molecule has 3 heteroatoms. The van der Waals surface area contributed by atoms with E-state index in [0.29, 0.717) is 35.3 Å². The molecular weight excluding hydrogens is 260 g/mol. The van der Waals surface area contributed by atoms with Gasteiger partial charge in [-0.1, -0.05) is 34.1 Å². The highest BCUT2D eigenvalue weighted by atomic mass is 16.1. The predicted octanol–water partition coefficient (Wildman–Crippen LogP) is 3.62. The maximum absolute atomic E-state index is 12.4. The van der Waals surface area contributed by atoms with Crippen molar-refractivity contribution in [3.8, 4) is 0 Å². The molecule has 2 aliphatic rings. The molecule has 2 fully saturated rings. The average Bonchev–Trinajstić information content (AvgIpc) is 2.23. The lowest BCUT2D eigenvalue weighted by molar-refractivity contribution is -0.123. The van der Waals surface area contributed by atoms with Crippen molar-refractivity contribution in [2.45, 2.75) is 91.1 Å². The Bertz CT molecular complexity index is 359. The average molecular weight is 294 g/mol. The number of hydrogen-bond donors (Lipinski definition) is 2. The van der Waals surface area contributed by atoms with Crippen molar-refractivity contribution in [3.63, 3.8) is 0 Å². The molecule has 0 spiro atoms. The highest BCUT2D eigenvalue weighted by molar-refractivity contribution is 5.76. The largest absolute Gasteiger partial charge is 0.353 e. The Hall–Kier alpha value is -0.570. The fraction of sp³-hybridized carbons (Fsp3) is 0.944. The van der Waals surface area contributed by atoms with E-state index >= 15 is 0 Å². The molecule has 0 bridgehead atoms. The summed E-state index contributed by atoms with van der Waals surface area (Å²) in [6.45, 7) is 9.31. The standard InChI is InChI=1S/C18H34N2O/c1-17(2)10-15(11-18(3,4)12-17)20-16(21)9-13-6-5-7-14(19)8-13/h13-15H,5-12,19H2,1-4H3,(H,20,21). The zero-order chi connectivity index (χ0) is 15.7. The van der Waals surface area contributed by atoms with Gasteiger partial charge in [-0.3, -0.25) is 4.79 Å². The van der Waals surface area contributed by atoms with Crippen LogP contribution in [-0.2, 0) is 4.79 Å². The van der Waals surface area contributed by atoms with Crippen molar-refractivity contribution >= 4 is 5.91 Å². The maximum atomic E-state index is 12.4. The maximum Gasteiger partial charge on any atom is 0.220 e. The van der Waals surface area contributed by atoms with Crippen LogP contribution in [0.1, 0.15) is 79.1 Å². The molecule has 2 aliphatic carbocycles. The van der Waals surface area contributed by atoms with Gasteiger partial charge in [0.05, 0.1) is 0 Å². The van der Waals surface area contributed by atoms with E-state index in [9.17, 15) is 4.79 Å². The molecule has 122 valence electrons. The smallest absolute Gasteiger partial charge is 0.220 e. The zero-order valence-electron chi connectivity index (χ0n) is 14.4. The van der Waals surface area contributed by atoms with Gasteiger partial charge in [0.2, 0.25) is 5.91 Å². The van der Waals surface area contributed by atoms with E-state index in [2.05, 4.69) is 33.0 Å². The van der Waals surface area contributed by atoms with Gasteiger partial charge in [-0.15, -0.1) is 0 Å². The summed E-state index contributed by atoms with van der Waals surface area (Å²) in [7, 11) is 0. The van der Waals surface area contributed by atoms with Crippen LogP contribution in [0.25, 0.3) is 0 Å². The number of amides is 1. The van der Waals surface area contributed by atoms with Crippen molar-refractivity contribution in [2.75, 3.05) is 0 Å². The third kappa shape index (κ3) is 5.28. The summed E-state index contributed by atoms with van der Waals surface area (Å²) in [5.74, 6) is 0.742. The van der Waals surface area contributed by atoms with E-state index < -0.39 is 0 Å². The fourth-order valence-corrected chi connectivity index (χ4v) is 5.01.